The standard InChI is InChI=1S/C13H27O5P/c1-2-3-4-5-6-7-8-9-11-17-12-10-13-18-19(14,15)16/h10,13H,2-9,11-12H2,1H3,(H2,14,15,16). The lowest BCUT2D eigenvalue weighted by Crippen LogP contribution is -1.94. The molecule has 0 aliphatic carbocycles. The summed E-state index contributed by atoms with van der Waals surface area (Å²) < 4.78 is 19.7. The number of rotatable bonds is 13. The van der Waals surface area contributed by atoms with E-state index in [9.17, 15) is 4.57 Å². The van der Waals surface area contributed by atoms with Gasteiger partial charge in [-0.05, 0) is 12.5 Å². The Labute approximate surface area is 116 Å². The Morgan fingerprint density at radius 2 is 1.58 bits per heavy atom. The van der Waals surface area contributed by atoms with Crippen molar-refractivity contribution in [1.29, 1.82) is 0 Å². The molecule has 0 amide bonds. The fourth-order valence-corrected chi connectivity index (χ4v) is 1.90. The van der Waals surface area contributed by atoms with Crippen molar-refractivity contribution in [3.63, 3.8) is 0 Å². The van der Waals surface area contributed by atoms with E-state index in [1.807, 2.05) is 0 Å². The van der Waals surface area contributed by atoms with E-state index in [1.54, 1.807) is 0 Å². The van der Waals surface area contributed by atoms with Crippen LogP contribution in [0.3, 0.4) is 0 Å². The number of hydrogen-bond donors (Lipinski definition) is 2. The average molecular weight is 294 g/mol. The summed E-state index contributed by atoms with van der Waals surface area (Å²) in [6, 6.07) is 0. The molecule has 2 N–H and O–H groups in total. The second kappa shape index (κ2) is 12.7. The van der Waals surface area contributed by atoms with Crippen molar-refractivity contribution in [3.8, 4) is 0 Å². The molecule has 0 radical (unpaired) electrons. The lowest BCUT2D eigenvalue weighted by Gasteiger charge is -2.03. The van der Waals surface area contributed by atoms with Crippen molar-refractivity contribution >= 4 is 7.82 Å². The lowest BCUT2D eigenvalue weighted by atomic mass is 10.1. The van der Waals surface area contributed by atoms with Crippen LogP contribution in [0.2, 0.25) is 0 Å². The third-order valence-electron chi connectivity index (χ3n) is 2.65. The maximum absolute atomic E-state index is 10.3. The molecule has 5 nitrogen and oxygen atoms in total. The first kappa shape index (κ1) is 18.7. The Bertz CT molecular complexity index is 262. The molecule has 0 aromatic carbocycles. The van der Waals surface area contributed by atoms with Crippen LogP contribution in [0.1, 0.15) is 58.3 Å². The lowest BCUT2D eigenvalue weighted by molar-refractivity contribution is 0.155. The molecule has 0 saturated heterocycles. The minimum absolute atomic E-state index is 0.316. The molecule has 0 aromatic heterocycles. The van der Waals surface area contributed by atoms with Gasteiger partial charge in [-0.1, -0.05) is 51.9 Å². The minimum Gasteiger partial charge on any atom is -0.412 e. The highest BCUT2D eigenvalue weighted by molar-refractivity contribution is 7.46. The minimum atomic E-state index is -4.39. The zero-order valence-electron chi connectivity index (χ0n) is 11.8. The summed E-state index contributed by atoms with van der Waals surface area (Å²) in [6.45, 7) is 3.21. The van der Waals surface area contributed by atoms with E-state index in [0.29, 0.717) is 13.2 Å². The van der Waals surface area contributed by atoms with Crippen molar-refractivity contribution in [1.82, 2.24) is 0 Å². The van der Waals surface area contributed by atoms with Crippen molar-refractivity contribution in [2.75, 3.05) is 13.2 Å². The summed E-state index contributed by atoms with van der Waals surface area (Å²) in [5.41, 5.74) is 0. The molecule has 0 aliphatic rings. The summed E-state index contributed by atoms with van der Waals surface area (Å²) in [6.07, 6.45) is 12.5. The molecule has 0 bridgehead atoms. The Kier molecular flexibility index (Phi) is 12.4. The third-order valence-corrected chi connectivity index (χ3v) is 3.05. The fraction of sp³-hybridized carbons (Fsp3) is 0.846. The molecule has 0 saturated carbocycles. The SMILES string of the molecule is CCCCCCCCCCOCC=COP(=O)(O)O. The highest BCUT2D eigenvalue weighted by Gasteiger charge is 2.10. The Morgan fingerprint density at radius 1 is 1.00 bits per heavy atom. The van der Waals surface area contributed by atoms with Crippen LogP contribution in [-0.2, 0) is 13.8 Å². The largest absolute Gasteiger partial charge is 0.524 e. The number of ether oxygens (including phenoxy) is 1. The second-order valence-corrected chi connectivity index (χ2v) is 5.71. The Morgan fingerprint density at radius 3 is 2.16 bits per heavy atom. The molecular weight excluding hydrogens is 267 g/mol. The molecule has 0 aliphatic heterocycles. The highest BCUT2D eigenvalue weighted by atomic mass is 31.2. The molecular formula is C13H27O5P. The van der Waals surface area contributed by atoms with Gasteiger partial charge in [-0.15, -0.1) is 0 Å². The van der Waals surface area contributed by atoms with Gasteiger partial charge in [-0.3, -0.25) is 9.79 Å². The number of hydrogen-bond acceptors (Lipinski definition) is 3. The molecule has 114 valence electrons. The van der Waals surface area contributed by atoms with Crippen LogP contribution >= 0.6 is 7.82 Å². The second-order valence-electron chi connectivity index (χ2n) is 4.52. The fourth-order valence-electron chi connectivity index (χ4n) is 1.65. The van der Waals surface area contributed by atoms with Gasteiger partial charge in [0.25, 0.3) is 0 Å². The predicted molar refractivity (Wildman–Crippen MR) is 75.7 cm³/mol. The average Bonchev–Trinajstić information content (AvgIpc) is 2.34. The molecule has 0 spiro atoms. The summed E-state index contributed by atoms with van der Waals surface area (Å²) >= 11 is 0. The van der Waals surface area contributed by atoms with Crippen LogP contribution in [0, 0.1) is 0 Å². The summed E-state index contributed by atoms with van der Waals surface area (Å²) in [4.78, 5) is 16.8. The molecule has 0 atom stereocenters. The number of unbranched alkanes of at least 4 members (excludes halogenated alkanes) is 7. The van der Waals surface area contributed by atoms with Gasteiger partial charge >= 0.3 is 7.82 Å². The van der Waals surface area contributed by atoms with Crippen molar-refractivity contribution < 1.29 is 23.6 Å². The highest BCUT2D eigenvalue weighted by Crippen LogP contribution is 2.35. The summed E-state index contributed by atoms with van der Waals surface area (Å²) in [5.74, 6) is 0. The topological polar surface area (TPSA) is 76.0 Å². The summed E-state index contributed by atoms with van der Waals surface area (Å²) in [5, 5.41) is 0. The molecule has 0 heterocycles. The van der Waals surface area contributed by atoms with Crippen molar-refractivity contribution in [2.24, 2.45) is 0 Å². The van der Waals surface area contributed by atoms with Gasteiger partial charge in [0.05, 0.1) is 12.9 Å². The van der Waals surface area contributed by atoms with Gasteiger partial charge in [-0.2, -0.15) is 0 Å². The first-order chi connectivity index (χ1) is 9.06. The molecule has 19 heavy (non-hydrogen) atoms. The number of phosphoric acid groups is 1. The maximum atomic E-state index is 10.3. The Balaban J connectivity index is 3.13. The monoisotopic (exact) mass is 294 g/mol. The third kappa shape index (κ3) is 17.6. The van der Waals surface area contributed by atoms with Gasteiger partial charge in [0.2, 0.25) is 0 Å². The van der Waals surface area contributed by atoms with Crippen LogP contribution in [0.15, 0.2) is 12.3 Å². The predicted octanol–water partition coefficient (Wildman–Crippen LogP) is 3.77. The van der Waals surface area contributed by atoms with E-state index in [4.69, 9.17) is 14.5 Å². The Hall–Kier alpha value is -0.350. The number of phosphoric ester groups is 1. The van der Waals surface area contributed by atoms with Crippen LogP contribution in [0.4, 0.5) is 0 Å². The van der Waals surface area contributed by atoms with Gasteiger partial charge < -0.3 is 9.26 Å². The zero-order chi connectivity index (χ0) is 14.4. The van der Waals surface area contributed by atoms with E-state index < -0.39 is 7.82 Å². The zero-order valence-corrected chi connectivity index (χ0v) is 12.7. The van der Waals surface area contributed by atoms with Crippen molar-refractivity contribution in [2.45, 2.75) is 58.3 Å². The normalized spacial score (nSPS) is 12.2. The van der Waals surface area contributed by atoms with Crippen LogP contribution in [0.25, 0.3) is 0 Å². The molecule has 0 rings (SSSR count). The van der Waals surface area contributed by atoms with Gasteiger partial charge in [0, 0.05) is 6.61 Å². The summed E-state index contributed by atoms with van der Waals surface area (Å²) in [7, 11) is -4.39. The van der Waals surface area contributed by atoms with E-state index in [2.05, 4.69) is 11.4 Å². The van der Waals surface area contributed by atoms with E-state index >= 15 is 0 Å². The quantitative estimate of drug-likeness (QED) is 0.307. The first-order valence-corrected chi connectivity index (χ1v) is 8.56. The van der Waals surface area contributed by atoms with Crippen LogP contribution in [0.5, 0.6) is 0 Å². The first-order valence-electron chi connectivity index (χ1n) is 7.03. The van der Waals surface area contributed by atoms with Crippen molar-refractivity contribution in [3.05, 3.63) is 12.3 Å². The molecule has 0 aromatic rings. The molecule has 0 fully saturated rings. The van der Waals surface area contributed by atoms with Crippen LogP contribution in [-0.4, -0.2) is 23.0 Å². The molecule has 6 heteroatoms. The van der Waals surface area contributed by atoms with E-state index in [-0.39, 0.29) is 0 Å². The van der Waals surface area contributed by atoms with Gasteiger partial charge in [0.15, 0.2) is 0 Å². The van der Waals surface area contributed by atoms with Crippen LogP contribution < -0.4 is 0 Å². The van der Waals surface area contributed by atoms with Gasteiger partial charge in [-0.25, -0.2) is 4.57 Å². The van der Waals surface area contributed by atoms with E-state index in [1.165, 1.54) is 51.0 Å². The van der Waals surface area contributed by atoms with E-state index in [0.717, 1.165) is 12.7 Å². The van der Waals surface area contributed by atoms with Gasteiger partial charge in [0.1, 0.15) is 0 Å². The smallest absolute Gasteiger partial charge is 0.412 e. The molecule has 0 unspecified atom stereocenters. The maximum Gasteiger partial charge on any atom is 0.524 e.